The molecule has 2 unspecified atom stereocenters. The van der Waals surface area contributed by atoms with Gasteiger partial charge in [0.2, 0.25) is 0 Å². The summed E-state index contributed by atoms with van der Waals surface area (Å²) in [4.78, 5) is 33.2. The minimum absolute atomic E-state index is 0.0319. The van der Waals surface area contributed by atoms with Gasteiger partial charge in [-0.05, 0) is 18.4 Å². The van der Waals surface area contributed by atoms with Gasteiger partial charge in [0.25, 0.3) is 0 Å². The van der Waals surface area contributed by atoms with E-state index in [1.54, 1.807) is 30.3 Å². The maximum atomic E-state index is 11.9. The first kappa shape index (κ1) is 21.4. The molecule has 1 rings (SSSR count). The van der Waals surface area contributed by atoms with E-state index in [9.17, 15) is 24.6 Å². The van der Waals surface area contributed by atoms with E-state index in [1.165, 1.54) is 0 Å². The van der Waals surface area contributed by atoms with Crippen molar-refractivity contribution in [3.63, 3.8) is 0 Å². The molecule has 0 heterocycles. The number of aliphatic hydroxyl groups excluding tert-OH is 2. The highest BCUT2D eigenvalue weighted by Crippen LogP contribution is 2.12. The number of benzene rings is 1. The highest BCUT2D eigenvalue weighted by Gasteiger charge is 2.29. The summed E-state index contributed by atoms with van der Waals surface area (Å²) in [7, 11) is 0. The normalized spacial score (nSPS) is 14.1. The number of nitrogens with one attached hydrogen (secondary N) is 1. The van der Waals surface area contributed by atoms with Crippen LogP contribution >= 0.6 is 0 Å². The standard InChI is InChI=1S/C17H23NO8/c19-12(6-8-14(21)22)16(13(20)7-9-15(23)24)18-17(25)26-10-11-4-2-1-3-5-11/h1-5,12-13,16,19-20H,6-10H2,(H,18,25)(H,21,22)(H,23,24). The molecule has 144 valence electrons. The highest BCUT2D eigenvalue weighted by atomic mass is 16.5. The van der Waals surface area contributed by atoms with Crippen molar-refractivity contribution in [1.29, 1.82) is 0 Å². The maximum Gasteiger partial charge on any atom is 0.407 e. The molecule has 5 N–H and O–H groups in total. The number of carbonyl (C=O) groups is 3. The minimum Gasteiger partial charge on any atom is -0.481 e. The number of ether oxygens (including phenoxy) is 1. The number of hydrogen-bond acceptors (Lipinski definition) is 6. The summed E-state index contributed by atoms with van der Waals surface area (Å²) < 4.78 is 5.01. The van der Waals surface area contributed by atoms with Gasteiger partial charge < -0.3 is 30.5 Å². The number of aliphatic carboxylic acids is 2. The van der Waals surface area contributed by atoms with Crippen molar-refractivity contribution in [1.82, 2.24) is 5.32 Å². The van der Waals surface area contributed by atoms with Crippen LogP contribution in [0.4, 0.5) is 4.79 Å². The first-order valence-electron chi connectivity index (χ1n) is 8.06. The summed E-state index contributed by atoms with van der Waals surface area (Å²) in [5.41, 5.74) is 0.733. The number of aliphatic hydroxyl groups is 2. The molecule has 9 heteroatoms. The monoisotopic (exact) mass is 369 g/mol. The third kappa shape index (κ3) is 8.45. The van der Waals surface area contributed by atoms with Crippen LogP contribution in [-0.2, 0) is 20.9 Å². The average molecular weight is 369 g/mol. The second kappa shape index (κ2) is 11.1. The number of rotatable bonds is 11. The van der Waals surface area contributed by atoms with E-state index >= 15 is 0 Å². The van der Waals surface area contributed by atoms with Gasteiger partial charge in [-0.25, -0.2) is 4.79 Å². The number of alkyl carbamates (subject to hydrolysis) is 1. The molecule has 9 nitrogen and oxygen atoms in total. The zero-order chi connectivity index (χ0) is 19.5. The van der Waals surface area contributed by atoms with Crippen LogP contribution < -0.4 is 5.32 Å². The molecular formula is C17H23NO8. The van der Waals surface area contributed by atoms with Crippen LogP contribution in [0, 0.1) is 0 Å². The Hall–Kier alpha value is -2.65. The molecule has 2 atom stereocenters. The lowest BCUT2D eigenvalue weighted by molar-refractivity contribution is -0.138. The van der Waals surface area contributed by atoms with Gasteiger partial charge in [0.1, 0.15) is 6.61 Å². The van der Waals surface area contributed by atoms with Crippen molar-refractivity contribution in [3.05, 3.63) is 35.9 Å². The highest BCUT2D eigenvalue weighted by molar-refractivity contribution is 5.68. The number of carboxylic acid groups (broad SMARTS) is 2. The lowest BCUT2D eigenvalue weighted by Gasteiger charge is -2.28. The van der Waals surface area contributed by atoms with Crippen molar-refractivity contribution >= 4 is 18.0 Å². The van der Waals surface area contributed by atoms with Gasteiger partial charge in [-0.15, -0.1) is 0 Å². The third-order valence-corrected chi connectivity index (χ3v) is 3.63. The fourth-order valence-electron chi connectivity index (χ4n) is 2.25. The summed E-state index contributed by atoms with van der Waals surface area (Å²) in [6, 6.07) is 7.58. The molecule has 0 aromatic heterocycles. The van der Waals surface area contributed by atoms with Gasteiger partial charge >= 0.3 is 18.0 Å². The molecule has 0 aliphatic heterocycles. The van der Waals surface area contributed by atoms with Crippen molar-refractivity contribution in [2.75, 3.05) is 0 Å². The maximum absolute atomic E-state index is 11.9. The SMILES string of the molecule is O=C(O)CCC(O)C(NC(=O)OCc1ccccc1)C(O)CCC(=O)O. The van der Waals surface area contributed by atoms with E-state index in [4.69, 9.17) is 14.9 Å². The van der Waals surface area contributed by atoms with Crippen molar-refractivity contribution in [2.45, 2.75) is 50.5 Å². The summed E-state index contributed by atoms with van der Waals surface area (Å²) in [6.45, 7) is -0.0319. The van der Waals surface area contributed by atoms with Gasteiger partial charge in [0.05, 0.1) is 18.2 Å². The minimum atomic E-state index is -1.38. The molecule has 0 aliphatic rings. The zero-order valence-electron chi connectivity index (χ0n) is 14.1. The molecule has 0 aliphatic carbocycles. The topological polar surface area (TPSA) is 153 Å². The van der Waals surface area contributed by atoms with Gasteiger partial charge in [-0.1, -0.05) is 30.3 Å². The smallest absolute Gasteiger partial charge is 0.407 e. The molecule has 1 aromatic carbocycles. The lowest BCUT2D eigenvalue weighted by Crippen LogP contribution is -2.51. The van der Waals surface area contributed by atoms with Gasteiger partial charge in [0, 0.05) is 12.8 Å². The summed E-state index contributed by atoms with van der Waals surface area (Å²) >= 11 is 0. The lowest BCUT2D eigenvalue weighted by atomic mass is 9.97. The van der Waals surface area contributed by atoms with E-state index in [2.05, 4.69) is 5.32 Å². The predicted molar refractivity (Wildman–Crippen MR) is 89.3 cm³/mol. The Morgan fingerprint density at radius 1 is 0.923 bits per heavy atom. The molecular weight excluding hydrogens is 346 g/mol. The Morgan fingerprint density at radius 2 is 1.42 bits per heavy atom. The summed E-state index contributed by atoms with van der Waals surface area (Å²) in [5, 5.41) is 39.8. The van der Waals surface area contributed by atoms with Crippen molar-refractivity contribution < 1.29 is 39.5 Å². The first-order chi connectivity index (χ1) is 12.3. The molecule has 0 saturated heterocycles. The molecule has 0 radical (unpaired) electrons. The third-order valence-electron chi connectivity index (χ3n) is 3.63. The first-order valence-corrected chi connectivity index (χ1v) is 8.06. The zero-order valence-corrected chi connectivity index (χ0v) is 14.1. The van der Waals surface area contributed by atoms with Crippen LogP contribution in [-0.4, -0.2) is 56.7 Å². The Kier molecular flexibility index (Phi) is 9.10. The fourth-order valence-corrected chi connectivity index (χ4v) is 2.25. The van der Waals surface area contributed by atoms with Crippen LogP contribution in [0.2, 0.25) is 0 Å². The molecule has 0 saturated carbocycles. The number of hydrogen-bond donors (Lipinski definition) is 5. The van der Waals surface area contributed by atoms with E-state index in [-0.39, 0.29) is 32.3 Å². The Morgan fingerprint density at radius 3 is 1.88 bits per heavy atom. The molecule has 26 heavy (non-hydrogen) atoms. The Balaban J connectivity index is 2.64. The van der Waals surface area contributed by atoms with Gasteiger partial charge in [0.15, 0.2) is 0 Å². The number of amides is 1. The largest absolute Gasteiger partial charge is 0.481 e. The second-order valence-corrected chi connectivity index (χ2v) is 5.73. The quantitative estimate of drug-likeness (QED) is 0.383. The van der Waals surface area contributed by atoms with Crippen LogP contribution in [0.5, 0.6) is 0 Å². The van der Waals surface area contributed by atoms with Crippen LogP contribution in [0.3, 0.4) is 0 Å². The molecule has 1 aromatic rings. The van der Waals surface area contributed by atoms with Gasteiger partial charge in [-0.3, -0.25) is 9.59 Å². The Bertz CT molecular complexity index is 568. The van der Waals surface area contributed by atoms with Crippen LogP contribution in [0.15, 0.2) is 30.3 Å². The summed E-state index contributed by atoms with van der Waals surface area (Å²) in [5.74, 6) is -2.29. The van der Waals surface area contributed by atoms with Gasteiger partial charge in [-0.2, -0.15) is 0 Å². The molecule has 0 fully saturated rings. The van der Waals surface area contributed by atoms with E-state index < -0.39 is 36.3 Å². The van der Waals surface area contributed by atoms with E-state index in [1.807, 2.05) is 0 Å². The fraction of sp³-hybridized carbons (Fsp3) is 0.471. The van der Waals surface area contributed by atoms with E-state index in [0.29, 0.717) is 0 Å². The second-order valence-electron chi connectivity index (χ2n) is 5.73. The Labute approximate surface area is 150 Å². The van der Waals surface area contributed by atoms with E-state index in [0.717, 1.165) is 5.56 Å². The average Bonchev–Trinajstić information content (AvgIpc) is 2.61. The molecule has 1 amide bonds. The molecule has 0 bridgehead atoms. The van der Waals surface area contributed by atoms with Crippen LogP contribution in [0.25, 0.3) is 0 Å². The number of carboxylic acids is 2. The van der Waals surface area contributed by atoms with Crippen LogP contribution in [0.1, 0.15) is 31.2 Å². The molecule has 0 spiro atoms. The van der Waals surface area contributed by atoms with Crippen molar-refractivity contribution in [2.24, 2.45) is 0 Å². The number of carbonyl (C=O) groups excluding carboxylic acids is 1. The summed E-state index contributed by atoms with van der Waals surface area (Å²) in [6.07, 6.45) is -4.85. The van der Waals surface area contributed by atoms with Crippen molar-refractivity contribution in [3.8, 4) is 0 Å². The predicted octanol–water partition coefficient (Wildman–Crippen LogP) is 0.733.